The molecule has 1 aromatic rings. The second-order valence-corrected chi connectivity index (χ2v) is 3.22. The monoisotopic (exact) mass is 280 g/mol. The van der Waals surface area contributed by atoms with Crippen molar-refractivity contribution in [2.45, 2.75) is 0 Å². The molecule has 19 heavy (non-hydrogen) atoms. The molecule has 1 rings (SSSR count). The summed E-state index contributed by atoms with van der Waals surface area (Å²) in [5.41, 5.74) is -0.982. The lowest BCUT2D eigenvalue weighted by Crippen LogP contribution is -2.13. The van der Waals surface area contributed by atoms with Crippen molar-refractivity contribution >= 4 is 5.97 Å². The summed E-state index contributed by atoms with van der Waals surface area (Å²) in [6.07, 6.45) is 0. The first-order chi connectivity index (χ1) is 8.99. The van der Waals surface area contributed by atoms with E-state index >= 15 is 0 Å². The maximum Gasteiger partial charge on any atom is 0.344 e. The first-order valence-electron chi connectivity index (χ1n) is 4.94. The molecule has 0 bridgehead atoms. The van der Waals surface area contributed by atoms with Crippen LogP contribution in [0.3, 0.4) is 0 Å². The Kier molecular flexibility index (Phi) is 4.99. The average Bonchev–Trinajstić information content (AvgIpc) is 2.41. The van der Waals surface area contributed by atoms with Crippen LogP contribution < -0.4 is 9.47 Å². The maximum atomic E-state index is 13.9. The van der Waals surface area contributed by atoms with Gasteiger partial charge < -0.3 is 18.9 Å². The molecular weight excluding hydrogens is 269 g/mol. The molecule has 106 valence electrons. The number of hydrogen-bond acceptors (Lipinski definition) is 5. The van der Waals surface area contributed by atoms with E-state index in [1.807, 2.05) is 0 Å². The molecule has 0 aliphatic carbocycles. The summed E-state index contributed by atoms with van der Waals surface area (Å²) < 4.78 is 59.0. The standard InChI is InChI=1S/C11H11F3O5/c1-16-4-19-10-7(13)6(12)5(11(15)18-3)9(17-2)8(10)14/h4H2,1-3H3. The van der Waals surface area contributed by atoms with Crippen molar-refractivity contribution < 1.29 is 36.9 Å². The highest BCUT2D eigenvalue weighted by molar-refractivity contribution is 5.93. The topological polar surface area (TPSA) is 54.0 Å². The predicted molar refractivity (Wildman–Crippen MR) is 56.7 cm³/mol. The Bertz CT molecular complexity index is 490. The quantitative estimate of drug-likeness (QED) is 0.468. The Morgan fingerprint density at radius 2 is 1.63 bits per heavy atom. The fourth-order valence-corrected chi connectivity index (χ4v) is 1.34. The average molecular weight is 280 g/mol. The molecule has 5 nitrogen and oxygen atoms in total. The predicted octanol–water partition coefficient (Wildman–Crippen LogP) is 1.88. The number of benzene rings is 1. The first kappa shape index (κ1) is 15.1. The van der Waals surface area contributed by atoms with Gasteiger partial charge in [-0.3, -0.25) is 0 Å². The van der Waals surface area contributed by atoms with Crippen LogP contribution in [0, 0.1) is 17.5 Å². The molecule has 0 aliphatic rings. The van der Waals surface area contributed by atoms with Crippen molar-refractivity contribution in [1.82, 2.24) is 0 Å². The zero-order valence-electron chi connectivity index (χ0n) is 10.4. The summed E-state index contributed by atoms with van der Waals surface area (Å²) in [5, 5.41) is 0. The molecule has 0 unspecified atom stereocenters. The molecule has 0 aromatic heterocycles. The van der Waals surface area contributed by atoms with Crippen molar-refractivity contribution in [2.24, 2.45) is 0 Å². The lowest BCUT2D eigenvalue weighted by Gasteiger charge is -2.14. The van der Waals surface area contributed by atoms with Crippen LogP contribution in [-0.2, 0) is 9.47 Å². The number of esters is 1. The molecule has 0 saturated heterocycles. The van der Waals surface area contributed by atoms with Gasteiger partial charge >= 0.3 is 5.97 Å². The van der Waals surface area contributed by atoms with E-state index in [9.17, 15) is 18.0 Å². The minimum absolute atomic E-state index is 0.506. The Balaban J connectivity index is 3.49. The van der Waals surface area contributed by atoms with Crippen LogP contribution in [0.15, 0.2) is 0 Å². The first-order valence-corrected chi connectivity index (χ1v) is 4.94. The summed E-state index contributed by atoms with van der Waals surface area (Å²) in [7, 11) is 3.14. The number of hydrogen-bond donors (Lipinski definition) is 0. The van der Waals surface area contributed by atoms with Crippen molar-refractivity contribution in [3.8, 4) is 11.5 Å². The normalized spacial score (nSPS) is 10.2. The summed E-state index contributed by atoms with van der Waals surface area (Å²) in [5.74, 6) is -7.78. The van der Waals surface area contributed by atoms with Gasteiger partial charge in [-0.1, -0.05) is 0 Å². The highest BCUT2D eigenvalue weighted by atomic mass is 19.2. The lowest BCUT2D eigenvalue weighted by molar-refractivity contribution is 0.0438. The van der Waals surface area contributed by atoms with E-state index in [2.05, 4.69) is 18.9 Å². The van der Waals surface area contributed by atoms with Gasteiger partial charge in [0.2, 0.25) is 17.4 Å². The van der Waals surface area contributed by atoms with Crippen LogP contribution >= 0.6 is 0 Å². The second kappa shape index (κ2) is 6.28. The Morgan fingerprint density at radius 3 is 2.11 bits per heavy atom. The molecule has 0 saturated carbocycles. The molecule has 0 N–H and O–H groups in total. The largest absolute Gasteiger partial charge is 0.493 e. The van der Waals surface area contributed by atoms with E-state index in [0.29, 0.717) is 0 Å². The zero-order chi connectivity index (χ0) is 14.6. The third-order valence-electron chi connectivity index (χ3n) is 2.15. The van der Waals surface area contributed by atoms with E-state index in [4.69, 9.17) is 0 Å². The van der Waals surface area contributed by atoms with Gasteiger partial charge in [0.25, 0.3) is 0 Å². The molecule has 0 fully saturated rings. The van der Waals surface area contributed by atoms with E-state index < -0.39 is 47.3 Å². The highest BCUT2D eigenvalue weighted by Gasteiger charge is 2.31. The van der Waals surface area contributed by atoms with E-state index in [0.717, 1.165) is 14.2 Å². The maximum absolute atomic E-state index is 13.9. The van der Waals surface area contributed by atoms with Crippen LogP contribution in [0.4, 0.5) is 13.2 Å². The number of carbonyl (C=O) groups excluding carboxylic acids is 1. The van der Waals surface area contributed by atoms with Gasteiger partial charge in [-0.25, -0.2) is 9.18 Å². The van der Waals surface area contributed by atoms with Crippen molar-refractivity contribution in [2.75, 3.05) is 28.1 Å². The molecule has 0 heterocycles. The molecule has 1 aromatic carbocycles. The molecule has 8 heteroatoms. The van der Waals surface area contributed by atoms with Crippen molar-refractivity contribution in [3.05, 3.63) is 23.0 Å². The van der Waals surface area contributed by atoms with Crippen LogP contribution in [0.1, 0.15) is 10.4 Å². The number of methoxy groups -OCH3 is 3. The molecule has 0 aliphatic heterocycles. The smallest absolute Gasteiger partial charge is 0.344 e. The summed E-state index contributed by atoms with van der Waals surface area (Å²) in [6.45, 7) is -0.506. The minimum atomic E-state index is -1.67. The second-order valence-electron chi connectivity index (χ2n) is 3.22. The number of halogens is 3. The van der Waals surface area contributed by atoms with E-state index in [1.165, 1.54) is 7.11 Å². The van der Waals surface area contributed by atoms with Crippen LogP contribution in [-0.4, -0.2) is 34.1 Å². The molecule has 0 radical (unpaired) electrons. The summed E-state index contributed by atoms with van der Waals surface area (Å²) in [6, 6.07) is 0. The molecular formula is C11H11F3O5. The number of rotatable bonds is 5. The Hall–Kier alpha value is -1.96. The fraction of sp³-hybridized carbons (Fsp3) is 0.364. The van der Waals surface area contributed by atoms with E-state index in [-0.39, 0.29) is 0 Å². The minimum Gasteiger partial charge on any atom is -0.493 e. The SMILES string of the molecule is COCOc1c(F)c(F)c(C(=O)OC)c(OC)c1F. The Morgan fingerprint density at radius 1 is 1.00 bits per heavy atom. The number of carbonyl (C=O) groups is 1. The van der Waals surface area contributed by atoms with Crippen LogP contribution in [0.2, 0.25) is 0 Å². The van der Waals surface area contributed by atoms with Gasteiger partial charge in [0.1, 0.15) is 5.56 Å². The van der Waals surface area contributed by atoms with Gasteiger partial charge in [-0.2, -0.15) is 8.78 Å². The van der Waals surface area contributed by atoms with Gasteiger partial charge in [-0.15, -0.1) is 0 Å². The van der Waals surface area contributed by atoms with Crippen molar-refractivity contribution in [1.29, 1.82) is 0 Å². The van der Waals surface area contributed by atoms with Gasteiger partial charge in [0.15, 0.2) is 18.4 Å². The third kappa shape index (κ3) is 2.73. The van der Waals surface area contributed by atoms with Crippen LogP contribution in [0.25, 0.3) is 0 Å². The molecule has 0 amide bonds. The van der Waals surface area contributed by atoms with Gasteiger partial charge in [0.05, 0.1) is 14.2 Å². The molecule has 0 atom stereocenters. The Labute approximate surface area is 106 Å². The van der Waals surface area contributed by atoms with Gasteiger partial charge in [0, 0.05) is 7.11 Å². The zero-order valence-corrected chi connectivity index (χ0v) is 10.4. The van der Waals surface area contributed by atoms with E-state index in [1.54, 1.807) is 0 Å². The van der Waals surface area contributed by atoms with Crippen LogP contribution in [0.5, 0.6) is 11.5 Å². The van der Waals surface area contributed by atoms with Gasteiger partial charge in [-0.05, 0) is 0 Å². The molecule has 0 spiro atoms. The summed E-state index contributed by atoms with van der Waals surface area (Å²) >= 11 is 0. The lowest BCUT2D eigenvalue weighted by atomic mass is 10.1. The fourth-order valence-electron chi connectivity index (χ4n) is 1.34. The highest BCUT2D eigenvalue weighted by Crippen LogP contribution is 2.36. The number of ether oxygens (including phenoxy) is 4. The van der Waals surface area contributed by atoms with Crippen molar-refractivity contribution in [3.63, 3.8) is 0 Å². The summed E-state index contributed by atoms with van der Waals surface area (Å²) in [4.78, 5) is 11.3. The third-order valence-corrected chi connectivity index (χ3v) is 2.15.